The highest BCUT2D eigenvalue weighted by Gasteiger charge is 2.43. The quantitative estimate of drug-likeness (QED) is 0.378. The average Bonchev–Trinajstić information content (AvgIpc) is 2.85. The van der Waals surface area contributed by atoms with Crippen molar-refractivity contribution < 1.29 is 42.8 Å². The predicted molar refractivity (Wildman–Crippen MR) is 104 cm³/mol. The summed E-state index contributed by atoms with van der Waals surface area (Å²) < 4.78 is 12.3. The number of carbonyl (C=O) groups is 1. The number of nitrogens with zero attached hydrogens (tertiary/aromatic N) is 1. The van der Waals surface area contributed by atoms with Crippen LogP contribution in [0.25, 0.3) is 6.08 Å². The zero-order valence-electron chi connectivity index (χ0n) is 16.2. The van der Waals surface area contributed by atoms with Crippen molar-refractivity contribution in [3.05, 3.63) is 65.2 Å². The molecule has 0 spiro atoms. The second-order valence-electron chi connectivity index (χ2n) is 6.90. The number of allylic oxidation sites excluding steroid dienone is 1. The number of fused-ring (bicyclic) bond motifs is 1. The van der Waals surface area contributed by atoms with Gasteiger partial charge in [-0.1, -0.05) is 12.1 Å². The molecule has 0 N–H and O–H groups in total. The molecule has 2 aromatic carbocycles. The van der Waals surface area contributed by atoms with Crippen molar-refractivity contribution in [1.82, 2.24) is 0 Å². The van der Waals surface area contributed by atoms with Crippen LogP contribution in [0.1, 0.15) is 35.3 Å². The molecular formula is C22H24INO3. The van der Waals surface area contributed by atoms with Crippen molar-refractivity contribution in [2.24, 2.45) is 0 Å². The van der Waals surface area contributed by atoms with E-state index in [1.807, 2.05) is 18.2 Å². The van der Waals surface area contributed by atoms with E-state index < -0.39 is 0 Å². The lowest BCUT2D eigenvalue weighted by molar-refractivity contribution is -0.401. The van der Waals surface area contributed by atoms with Gasteiger partial charge in [-0.05, 0) is 49.8 Å². The molecular weight excluding hydrogens is 453 g/mol. The maximum Gasteiger partial charge on any atom is 0.337 e. The molecule has 4 nitrogen and oxygen atoms in total. The summed E-state index contributed by atoms with van der Waals surface area (Å²) in [5.74, 6) is 0.546. The number of halogens is 1. The number of methoxy groups -OCH3 is 2. The molecule has 0 bridgehead atoms. The number of benzene rings is 2. The molecule has 0 amide bonds. The first kappa shape index (κ1) is 21.2. The van der Waals surface area contributed by atoms with Gasteiger partial charge in [0, 0.05) is 17.7 Å². The Kier molecular flexibility index (Phi) is 6.46. The summed E-state index contributed by atoms with van der Waals surface area (Å²) in [5.41, 5.74) is 5.11. The van der Waals surface area contributed by atoms with Crippen LogP contribution in [-0.2, 0) is 10.2 Å². The van der Waals surface area contributed by atoms with Gasteiger partial charge in [-0.15, -0.1) is 0 Å². The maximum absolute atomic E-state index is 11.5. The third-order valence-corrected chi connectivity index (χ3v) is 5.01. The maximum atomic E-state index is 11.5. The summed E-state index contributed by atoms with van der Waals surface area (Å²) in [7, 11) is 5.16. The van der Waals surface area contributed by atoms with E-state index in [1.165, 1.54) is 24.1 Å². The van der Waals surface area contributed by atoms with E-state index in [1.54, 1.807) is 19.2 Å². The standard InChI is InChI=1S/C22H24NO3.HI/c1-22(2)18-14-17(25-4)11-12-19(18)23(3)20(22)13-8-15-6-9-16(10-7-15)21(24)26-5;/h6-14H,1-5H3;1H/q+1;/p-1/b13-8+;. The molecule has 0 aromatic heterocycles. The second-order valence-corrected chi connectivity index (χ2v) is 6.90. The van der Waals surface area contributed by atoms with Gasteiger partial charge in [0.05, 0.1) is 25.2 Å². The average molecular weight is 477 g/mol. The van der Waals surface area contributed by atoms with E-state index in [0.29, 0.717) is 5.56 Å². The highest BCUT2D eigenvalue weighted by molar-refractivity contribution is 6.05. The first-order valence-electron chi connectivity index (χ1n) is 8.54. The Morgan fingerprint density at radius 1 is 1.04 bits per heavy atom. The first-order valence-corrected chi connectivity index (χ1v) is 8.54. The van der Waals surface area contributed by atoms with Gasteiger partial charge in [0.15, 0.2) is 5.71 Å². The van der Waals surface area contributed by atoms with E-state index in [9.17, 15) is 4.79 Å². The van der Waals surface area contributed by atoms with E-state index in [2.05, 4.69) is 49.8 Å². The molecule has 0 atom stereocenters. The van der Waals surface area contributed by atoms with E-state index >= 15 is 0 Å². The lowest BCUT2D eigenvalue weighted by Gasteiger charge is -2.16. The molecule has 0 radical (unpaired) electrons. The lowest BCUT2D eigenvalue weighted by Crippen LogP contribution is -3.00. The Morgan fingerprint density at radius 3 is 2.30 bits per heavy atom. The number of hydrogen-bond acceptors (Lipinski definition) is 3. The fourth-order valence-corrected chi connectivity index (χ4v) is 3.47. The molecule has 0 fully saturated rings. The van der Waals surface area contributed by atoms with Crippen LogP contribution in [0.15, 0.2) is 48.5 Å². The Balaban J connectivity index is 0.00000261. The number of ether oxygens (including phenoxy) is 2. The third kappa shape index (κ3) is 3.93. The second kappa shape index (κ2) is 8.25. The van der Waals surface area contributed by atoms with Gasteiger partial charge in [0.2, 0.25) is 5.69 Å². The van der Waals surface area contributed by atoms with Crippen molar-refractivity contribution in [1.29, 1.82) is 0 Å². The summed E-state index contributed by atoms with van der Waals surface area (Å²) in [6.45, 7) is 4.43. The van der Waals surface area contributed by atoms with Crippen molar-refractivity contribution in [2.75, 3.05) is 21.3 Å². The van der Waals surface area contributed by atoms with Crippen molar-refractivity contribution in [3.8, 4) is 5.75 Å². The highest BCUT2D eigenvalue weighted by atomic mass is 127. The van der Waals surface area contributed by atoms with Gasteiger partial charge in [-0.3, -0.25) is 0 Å². The van der Waals surface area contributed by atoms with Crippen LogP contribution in [0, 0.1) is 0 Å². The first-order chi connectivity index (χ1) is 12.4. The van der Waals surface area contributed by atoms with Crippen LogP contribution in [0.3, 0.4) is 0 Å². The van der Waals surface area contributed by atoms with Crippen LogP contribution in [-0.4, -0.2) is 37.5 Å². The number of rotatable bonds is 4. The monoisotopic (exact) mass is 477 g/mol. The topological polar surface area (TPSA) is 38.5 Å². The van der Waals surface area contributed by atoms with Gasteiger partial charge in [0.1, 0.15) is 12.8 Å². The molecule has 142 valence electrons. The smallest absolute Gasteiger partial charge is 0.337 e. The van der Waals surface area contributed by atoms with E-state index in [0.717, 1.165) is 11.3 Å². The summed E-state index contributed by atoms with van der Waals surface area (Å²) in [4.78, 5) is 11.5. The van der Waals surface area contributed by atoms with Crippen molar-refractivity contribution >= 4 is 23.4 Å². The molecule has 1 heterocycles. The molecule has 3 rings (SSSR count). The summed E-state index contributed by atoms with van der Waals surface area (Å²) in [6.07, 6.45) is 4.21. The van der Waals surface area contributed by atoms with Crippen LogP contribution in [0.2, 0.25) is 0 Å². The molecule has 0 saturated carbocycles. The van der Waals surface area contributed by atoms with E-state index in [4.69, 9.17) is 9.47 Å². The molecule has 5 heteroatoms. The van der Waals surface area contributed by atoms with Gasteiger partial charge < -0.3 is 33.5 Å². The van der Waals surface area contributed by atoms with Crippen molar-refractivity contribution in [2.45, 2.75) is 19.3 Å². The van der Waals surface area contributed by atoms with Gasteiger partial charge in [0.25, 0.3) is 0 Å². The van der Waals surface area contributed by atoms with Crippen molar-refractivity contribution in [3.63, 3.8) is 0 Å². The van der Waals surface area contributed by atoms with Crippen LogP contribution >= 0.6 is 0 Å². The Morgan fingerprint density at radius 2 is 1.70 bits per heavy atom. The fourth-order valence-electron chi connectivity index (χ4n) is 3.47. The Bertz CT molecular complexity index is 912. The molecule has 0 saturated heterocycles. The zero-order valence-corrected chi connectivity index (χ0v) is 18.4. The van der Waals surface area contributed by atoms with Gasteiger partial charge in [-0.25, -0.2) is 4.79 Å². The minimum absolute atomic E-state index is 0. The third-order valence-electron chi connectivity index (χ3n) is 5.01. The zero-order chi connectivity index (χ0) is 18.9. The summed E-state index contributed by atoms with van der Waals surface area (Å²) >= 11 is 0. The van der Waals surface area contributed by atoms with Crippen LogP contribution in [0.5, 0.6) is 5.75 Å². The summed E-state index contributed by atoms with van der Waals surface area (Å²) in [6, 6.07) is 13.6. The predicted octanol–water partition coefficient (Wildman–Crippen LogP) is 1.21. The number of carbonyl (C=O) groups excluding carboxylic acids is 1. The number of hydrogen-bond donors (Lipinski definition) is 0. The molecule has 1 aliphatic heterocycles. The normalized spacial score (nSPS) is 14.7. The van der Waals surface area contributed by atoms with Crippen LogP contribution in [0.4, 0.5) is 5.69 Å². The number of esters is 1. The van der Waals surface area contributed by atoms with E-state index in [-0.39, 0.29) is 35.4 Å². The minimum atomic E-state index is -0.323. The SMILES string of the molecule is COC(=O)c1ccc(/C=C/C2=[N+](C)c3ccc(OC)cc3C2(C)C)cc1.[I-]. The Hall–Kier alpha value is -2.15. The molecule has 0 unspecified atom stereocenters. The van der Waals surface area contributed by atoms with Crippen LogP contribution < -0.4 is 28.7 Å². The van der Waals surface area contributed by atoms with Gasteiger partial charge >= 0.3 is 5.97 Å². The fraction of sp³-hybridized carbons (Fsp3) is 0.273. The molecule has 27 heavy (non-hydrogen) atoms. The lowest BCUT2D eigenvalue weighted by atomic mass is 9.81. The Labute approximate surface area is 177 Å². The highest BCUT2D eigenvalue weighted by Crippen LogP contribution is 2.41. The molecule has 1 aliphatic rings. The molecule has 2 aromatic rings. The molecule has 0 aliphatic carbocycles. The summed E-state index contributed by atoms with van der Waals surface area (Å²) in [5, 5.41) is 0. The van der Waals surface area contributed by atoms with Gasteiger partial charge in [-0.2, -0.15) is 4.58 Å². The largest absolute Gasteiger partial charge is 1.00 e. The minimum Gasteiger partial charge on any atom is -1.00 e.